The van der Waals surface area contributed by atoms with Crippen molar-refractivity contribution in [1.82, 2.24) is 0 Å². The molecule has 0 spiro atoms. The first-order valence-corrected chi connectivity index (χ1v) is 6.61. The van der Waals surface area contributed by atoms with E-state index in [2.05, 4.69) is 21.2 Å². The largest absolute Gasteiger partial charge is 0.322 e. The van der Waals surface area contributed by atoms with E-state index in [1.807, 2.05) is 19.1 Å². The Bertz CT molecular complexity index is 640. The Kier molecular flexibility index (Phi) is 4.00. The monoisotopic (exact) mass is 321 g/mol. The minimum atomic E-state index is -0.479. The highest BCUT2D eigenvalue weighted by Gasteiger charge is 2.14. The van der Waals surface area contributed by atoms with Gasteiger partial charge in [-0.1, -0.05) is 34.1 Å². The molecular weight excluding hydrogens is 309 g/mol. The molecule has 0 aliphatic heterocycles. The van der Waals surface area contributed by atoms with Crippen LogP contribution in [0.1, 0.15) is 21.5 Å². The lowest BCUT2D eigenvalue weighted by molar-refractivity contribution is 0.102. The van der Waals surface area contributed by atoms with E-state index < -0.39 is 11.7 Å². The fourth-order valence-electron chi connectivity index (χ4n) is 1.76. The van der Waals surface area contributed by atoms with Crippen LogP contribution >= 0.6 is 15.9 Å². The van der Waals surface area contributed by atoms with Gasteiger partial charge in [-0.2, -0.15) is 0 Å². The maximum atomic E-state index is 13.9. The maximum Gasteiger partial charge on any atom is 0.258 e. The van der Waals surface area contributed by atoms with Crippen molar-refractivity contribution in [2.24, 2.45) is 0 Å². The predicted molar refractivity (Wildman–Crippen MR) is 78.0 cm³/mol. The molecule has 0 fully saturated rings. The van der Waals surface area contributed by atoms with Gasteiger partial charge in [0, 0.05) is 10.2 Å². The molecule has 4 heteroatoms. The van der Waals surface area contributed by atoms with Gasteiger partial charge < -0.3 is 5.32 Å². The number of anilines is 1. The normalized spacial score (nSPS) is 10.3. The summed E-state index contributed by atoms with van der Waals surface area (Å²) in [6.07, 6.45) is 0. The molecule has 2 nitrogen and oxygen atoms in total. The number of nitrogens with one attached hydrogen (secondary N) is 1. The molecule has 0 atom stereocenters. The number of hydrogen-bond acceptors (Lipinski definition) is 1. The summed E-state index contributed by atoms with van der Waals surface area (Å²) in [4.78, 5) is 12.1. The summed E-state index contributed by atoms with van der Waals surface area (Å²) in [7, 11) is 0. The van der Waals surface area contributed by atoms with Crippen LogP contribution in [0.3, 0.4) is 0 Å². The Labute approximate surface area is 119 Å². The third-order valence-corrected chi connectivity index (χ3v) is 3.81. The van der Waals surface area contributed by atoms with Gasteiger partial charge >= 0.3 is 0 Å². The summed E-state index contributed by atoms with van der Waals surface area (Å²) in [6.45, 7) is 3.52. The molecule has 0 radical (unpaired) electrons. The average Bonchev–Trinajstić information content (AvgIpc) is 2.38. The Hall–Kier alpha value is -1.68. The fourth-order valence-corrected chi connectivity index (χ4v) is 2.12. The number of halogens is 2. The predicted octanol–water partition coefficient (Wildman–Crippen LogP) is 4.46. The zero-order valence-corrected chi connectivity index (χ0v) is 12.2. The molecule has 1 amide bonds. The van der Waals surface area contributed by atoms with Crippen LogP contribution in [0, 0.1) is 19.7 Å². The molecule has 0 saturated carbocycles. The summed E-state index contributed by atoms with van der Waals surface area (Å²) in [6, 6.07) is 10.3. The van der Waals surface area contributed by atoms with Crippen molar-refractivity contribution in [3.63, 3.8) is 0 Å². The van der Waals surface area contributed by atoms with Crippen molar-refractivity contribution in [1.29, 1.82) is 0 Å². The molecule has 0 bridgehead atoms. The van der Waals surface area contributed by atoms with Gasteiger partial charge in [-0.05, 0) is 43.2 Å². The lowest BCUT2D eigenvalue weighted by Gasteiger charge is -2.10. The second kappa shape index (κ2) is 5.53. The van der Waals surface area contributed by atoms with Gasteiger partial charge in [0.05, 0.1) is 5.56 Å². The molecule has 0 heterocycles. The van der Waals surface area contributed by atoms with Gasteiger partial charge in [0.2, 0.25) is 0 Å². The van der Waals surface area contributed by atoms with Crippen molar-refractivity contribution in [2.75, 3.05) is 5.32 Å². The molecule has 0 aromatic heterocycles. The van der Waals surface area contributed by atoms with Crippen LogP contribution < -0.4 is 5.32 Å². The molecular formula is C15H13BrFNO. The van der Waals surface area contributed by atoms with E-state index in [0.29, 0.717) is 11.3 Å². The van der Waals surface area contributed by atoms with Crippen LogP contribution in [0.4, 0.5) is 10.1 Å². The Morgan fingerprint density at radius 2 is 1.84 bits per heavy atom. The summed E-state index contributed by atoms with van der Waals surface area (Å²) in [5, 5.41) is 2.73. The molecule has 1 N–H and O–H groups in total. The molecule has 0 unspecified atom stereocenters. The first-order valence-electron chi connectivity index (χ1n) is 5.82. The smallest absolute Gasteiger partial charge is 0.258 e. The summed E-state index contributed by atoms with van der Waals surface area (Å²) in [5.74, 6) is -0.921. The lowest BCUT2D eigenvalue weighted by Crippen LogP contribution is -2.15. The van der Waals surface area contributed by atoms with Crippen LogP contribution in [0.15, 0.2) is 40.9 Å². The molecule has 0 aliphatic rings. The minimum Gasteiger partial charge on any atom is -0.322 e. The fraction of sp³-hybridized carbons (Fsp3) is 0.133. The van der Waals surface area contributed by atoms with Crippen LogP contribution in [-0.2, 0) is 0 Å². The SMILES string of the molecule is Cc1cccc(C(=O)Nc2cccc(Br)c2C)c1F. The van der Waals surface area contributed by atoms with Crippen LogP contribution in [-0.4, -0.2) is 5.91 Å². The maximum absolute atomic E-state index is 13.9. The van der Waals surface area contributed by atoms with Gasteiger partial charge in [-0.3, -0.25) is 4.79 Å². The van der Waals surface area contributed by atoms with E-state index in [0.717, 1.165) is 10.0 Å². The van der Waals surface area contributed by atoms with Gasteiger partial charge in [0.25, 0.3) is 5.91 Å². The van der Waals surface area contributed by atoms with Gasteiger partial charge in [0.15, 0.2) is 0 Å². The number of hydrogen-bond donors (Lipinski definition) is 1. The zero-order chi connectivity index (χ0) is 14.0. The van der Waals surface area contributed by atoms with Crippen molar-refractivity contribution < 1.29 is 9.18 Å². The number of rotatable bonds is 2. The minimum absolute atomic E-state index is 0.0550. The number of carbonyl (C=O) groups is 1. The first-order chi connectivity index (χ1) is 9.00. The van der Waals surface area contributed by atoms with E-state index >= 15 is 0 Å². The number of amides is 1. The second-order valence-electron chi connectivity index (χ2n) is 4.30. The highest BCUT2D eigenvalue weighted by atomic mass is 79.9. The molecule has 0 aliphatic carbocycles. The van der Waals surface area contributed by atoms with Crippen LogP contribution in [0.2, 0.25) is 0 Å². The van der Waals surface area contributed by atoms with Gasteiger partial charge in [-0.25, -0.2) is 4.39 Å². The summed E-state index contributed by atoms with van der Waals surface area (Å²) < 4.78 is 14.8. The standard InChI is InChI=1S/C15H13BrFNO/c1-9-5-3-6-11(14(9)17)15(19)18-13-8-4-7-12(16)10(13)2/h3-8H,1-2H3,(H,18,19). The van der Waals surface area contributed by atoms with Crippen molar-refractivity contribution in [3.05, 3.63) is 63.4 Å². The Morgan fingerprint density at radius 1 is 1.16 bits per heavy atom. The first kappa shape index (κ1) is 13.7. The number of carbonyl (C=O) groups excluding carboxylic acids is 1. The Morgan fingerprint density at radius 3 is 2.58 bits per heavy atom. The molecule has 2 aromatic rings. The summed E-state index contributed by atoms with van der Waals surface area (Å²) in [5.41, 5.74) is 2.09. The van der Waals surface area contributed by atoms with E-state index in [-0.39, 0.29) is 5.56 Å². The van der Waals surface area contributed by atoms with E-state index in [9.17, 15) is 9.18 Å². The zero-order valence-electron chi connectivity index (χ0n) is 10.6. The molecule has 0 saturated heterocycles. The molecule has 2 rings (SSSR count). The average molecular weight is 322 g/mol. The second-order valence-corrected chi connectivity index (χ2v) is 5.16. The van der Waals surface area contributed by atoms with Gasteiger partial charge in [-0.15, -0.1) is 0 Å². The molecule has 19 heavy (non-hydrogen) atoms. The quantitative estimate of drug-likeness (QED) is 0.869. The summed E-state index contributed by atoms with van der Waals surface area (Å²) >= 11 is 3.39. The third-order valence-electron chi connectivity index (χ3n) is 2.95. The van der Waals surface area contributed by atoms with E-state index in [1.54, 1.807) is 25.1 Å². The van der Waals surface area contributed by atoms with Crippen LogP contribution in [0.5, 0.6) is 0 Å². The molecule has 98 valence electrons. The highest BCUT2D eigenvalue weighted by Crippen LogP contribution is 2.24. The topological polar surface area (TPSA) is 29.1 Å². The van der Waals surface area contributed by atoms with Crippen molar-refractivity contribution >= 4 is 27.5 Å². The van der Waals surface area contributed by atoms with Gasteiger partial charge in [0.1, 0.15) is 5.82 Å². The van der Waals surface area contributed by atoms with E-state index in [4.69, 9.17) is 0 Å². The number of benzene rings is 2. The van der Waals surface area contributed by atoms with Crippen molar-refractivity contribution in [2.45, 2.75) is 13.8 Å². The lowest BCUT2D eigenvalue weighted by atomic mass is 10.1. The Balaban J connectivity index is 2.31. The highest BCUT2D eigenvalue weighted by molar-refractivity contribution is 9.10. The molecule has 2 aromatic carbocycles. The number of aryl methyl sites for hydroxylation is 1. The van der Waals surface area contributed by atoms with Crippen molar-refractivity contribution in [3.8, 4) is 0 Å². The van der Waals surface area contributed by atoms with Crippen LogP contribution in [0.25, 0.3) is 0 Å². The third kappa shape index (κ3) is 2.84. The van der Waals surface area contributed by atoms with E-state index in [1.165, 1.54) is 6.07 Å².